The van der Waals surface area contributed by atoms with Crippen LogP contribution in [0, 0.1) is 62.1 Å². The number of carboxylic acids is 1. The summed E-state index contributed by atoms with van der Waals surface area (Å²) in [4.78, 5) is 71.7. The highest BCUT2D eigenvalue weighted by Crippen LogP contribution is 2.76. The molecule has 11 fully saturated rings. The number of rotatable bonds is 38. The van der Waals surface area contributed by atoms with Gasteiger partial charge in [-0.05, 0) is 130 Å². The molecular formula is C92H150O45. The first-order chi connectivity index (χ1) is 64.2. The molecule has 788 valence electrons. The Morgan fingerprint density at radius 3 is 1.80 bits per heavy atom. The van der Waals surface area contributed by atoms with Gasteiger partial charge in [-0.2, -0.15) is 0 Å². The maximum absolute atomic E-state index is 16.3. The molecule has 12 aliphatic rings. The second kappa shape index (κ2) is 44.3. The summed E-state index contributed by atoms with van der Waals surface area (Å²) in [5, 5.41) is 257. The molecule has 0 radical (unpaired) electrons. The van der Waals surface area contributed by atoms with Gasteiger partial charge in [0, 0.05) is 12.8 Å². The molecule has 0 aromatic rings. The normalized spacial score (nSPS) is 46.9. The third-order valence-corrected chi connectivity index (χ3v) is 32.9. The Balaban J connectivity index is 0.782. The van der Waals surface area contributed by atoms with Gasteiger partial charge in [-0.15, -0.1) is 0 Å². The van der Waals surface area contributed by atoms with Gasteiger partial charge in [-0.3, -0.25) is 14.4 Å². The average Bonchev–Trinajstić information content (AvgIpc) is 0.749. The number of carbonyl (C=O) groups is 5. The van der Waals surface area contributed by atoms with E-state index in [1.54, 1.807) is 20.8 Å². The number of fused-ring (bicyclic) bond motifs is 7. The van der Waals surface area contributed by atoms with Crippen LogP contribution in [-0.2, 0) is 104 Å². The van der Waals surface area contributed by atoms with Crippen LogP contribution in [0.2, 0.25) is 0 Å². The lowest BCUT2D eigenvalue weighted by Crippen LogP contribution is -2.71. The van der Waals surface area contributed by atoms with E-state index in [1.807, 2.05) is 27.7 Å². The van der Waals surface area contributed by atoms with Crippen molar-refractivity contribution in [3.8, 4) is 0 Å². The molecule has 7 saturated heterocycles. The average molecular weight is 1980 g/mol. The van der Waals surface area contributed by atoms with Crippen molar-refractivity contribution in [2.75, 3.05) is 46.2 Å². The Labute approximate surface area is 793 Å². The number of carboxylic acid groups (broad SMARTS) is 1. The van der Waals surface area contributed by atoms with Crippen molar-refractivity contribution in [2.24, 2.45) is 62.1 Å². The van der Waals surface area contributed by atoms with Gasteiger partial charge >= 0.3 is 29.9 Å². The van der Waals surface area contributed by atoms with Crippen LogP contribution in [0.5, 0.6) is 0 Å². The summed E-state index contributed by atoms with van der Waals surface area (Å²) >= 11 is 0. The number of aliphatic hydroxyl groups excluding tert-OH is 21. The molecule has 0 aromatic heterocycles. The summed E-state index contributed by atoms with van der Waals surface area (Å²) < 4.78 is 102. The smallest absolute Gasteiger partial charge is 0.335 e. The highest BCUT2D eigenvalue weighted by molar-refractivity contribution is 5.80. The first-order valence-electron chi connectivity index (χ1n) is 48.1. The number of ether oxygens (including phenoxy) is 17. The Kier molecular flexibility index (Phi) is 36.1. The van der Waals surface area contributed by atoms with Crippen LogP contribution >= 0.6 is 0 Å². The Morgan fingerprint density at radius 2 is 1.18 bits per heavy atom. The molecule has 137 heavy (non-hydrogen) atoms. The molecule has 49 atom stereocenters. The van der Waals surface area contributed by atoms with E-state index in [1.165, 1.54) is 13.8 Å². The SMILES string of the molecule is CC[C@H](C)[C@H](C[C@H](O)CC(=O)O[C@@H]1C(C)O[C@@H](OC(=O)[C@]23CCC(C)(C)CC2C2=CCC4[C@@]5(C)CC[C@H](O[C@@H]6OC(C(=O)O)[C@H](O)C(O[C@]7(O[C@H](C(C)O)C(O)CO)OC[C@@H](O)C(O)C7O)C6O)[C@@](C)(C=O)C5CC[C@@]4(C)[C@]2(C)C[C@H]3O)C(O[C@@H]2OC(C)[C@H](O[C@H]3OCC(O)[C@H](O[C@@H]4OCC(O)(CO)C4O)C3O)C(O)C2O)C1O)OC(=O)C[C@@H](O)C[C@H](OC1C(O)[C@H](CO)O[C@H]1CO)[C@@H](C)CC. The maximum atomic E-state index is 16.3. The minimum absolute atomic E-state index is 0.0195. The van der Waals surface area contributed by atoms with Gasteiger partial charge in [-0.1, -0.05) is 93.7 Å². The molecule has 7 heterocycles. The molecule has 22 unspecified atom stereocenters. The van der Waals surface area contributed by atoms with Crippen molar-refractivity contribution >= 4 is 30.2 Å². The van der Waals surface area contributed by atoms with E-state index in [2.05, 4.69) is 26.8 Å². The van der Waals surface area contributed by atoms with Crippen LogP contribution in [-0.4, -0.2) is 432 Å². The number of aliphatic carboxylic acids is 1. The molecule has 23 N–H and O–H groups in total. The van der Waals surface area contributed by atoms with E-state index in [4.69, 9.17) is 80.5 Å². The third-order valence-electron chi connectivity index (χ3n) is 32.9. The minimum Gasteiger partial charge on any atom is -0.479 e. The lowest BCUT2D eigenvalue weighted by Gasteiger charge is -2.71. The summed E-state index contributed by atoms with van der Waals surface area (Å²) in [6.07, 6.45) is -60.7. The quantitative estimate of drug-likeness (QED) is 0.00687. The molecule has 4 saturated carbocycles. The highest BCUT2D eigenvalue weighted by Gasteiger charge is 2.74. The van der Waals surface area contributed by atoms with Gasteiger partial charge in [0.1, 0.15) is 139 Å². The largest absolute Gasteiger partial charge is 0.479 e. The van der Waals surface area contributed by atoms with Crippen molar-refractivity contribution in [2.45, 2.75) is 425 Å². The molecular weight excluding hydrogens is 1820 g/mol. The second-order valence-electron chi connectivity index (χ2n) is 42.3. The zero-order chi connectivity index (χ0) is 101. The van der Waals surface area contributed by atoms with Crippen molar-refractivity contribution in [3.63, 3.8) is 0 Å². The second-order valence-corrected chi connectivity index (χ2v) is 42.3. The zero-order valence-corrected chi connectivity index (χ0v) is 79.7. The lowest BCUT2D eigenvalue weighted by molar-refractivity contribution is -0.485. The fourth-order valence-electron chi connectivity index (χ4n) is 24.0. The number of allylic oxidation sites excluding steroid dienone is 2. The summed E-state index contributed by atoms with van der Waals surface area (Å²) in [6.45, 7) is 17.9. The van der Waals surface area contributed by atoms with Gasteiger partial charge in [0.25, 0.3) is 0 Å². The zero-order valence-electron chi connectivity index (χ0n) is 79.7. The van der Waals surface area contributed by atoms with Gasteiger partial charge in [0.05, 0.1) is 113 Å². The van der Waals surface area contributed by atoms with E-state index in [0.717, 1.165) is 18.8 Å². The molecule has 0 aromatic carbocycles. The summed E-state index contributed by atoms with van der Waals surface area (Å²) in [6, 6.07) is 0. The Bertz CT molecular complexity index is 4040. The standard InChI is InChI=1S/C92H150O45/c1-14-38(3)50(127-58(105)26-44(100)25-51(39(4)15-2)128-72-53(32-95)126-52(31-94)61(72)108)24-43(99)27-59(106)130-70-42(7)125-82(75(64(70)111)134-80-63(110)62(109)69(41(6)124-80)131-79-66(113)71(49(103)33-121-79)132-83-77(116)90(120,36-97)37-122-83)135-84(119)91-23-22-85(8,9)28-46(91)45-16-17-55-86(10)20-19-57(87(11,35-96)54(86)18-21-88(55,12)89(45,13)29-56(91)104)129-81-67(114)73(65(112)74(133-81)78(117)118)137-92(76(115)60(107)48(102)34-123-92)136-68(40(5)98)47(101)30-93/h16,35,38-44,46-57,60-77,79-83,93-95,97-104,107-116,120H,14-15,17-34,36-37H2,1-13H3,(H,117,118)/t38-,39-,40?,41?,42?,43-,44-,46?,47?,48+,49?,50-,51-,52-,53-,54?,55?,56+,57-,60?,61?,62?,63?,64?,65+,66?,67?,68+,69-,70+,71-,72?,73?,74?,75?,76?,77?,79+,80-,81+,82-,83-,86-,87-,88+,89+,90?,91+,92-/m0/s1. The number of esters is 3. The monoisotopic (exact) mass is 1970 g/mol. The fourth-order valence-corrected chi connectivity index (χ4v) is 24.0. The van der Waals surface area contributed by atoms with Crippen molar-refractivity contribution in [3.05, 3.63) is 11.6 Å². The van der Waals surface area contributed by atoms with Crippen LogP contribution in [0.25, 0.3) is 0 Å². The van der Waals surface area contributed by atoms with Gasteiger partial charge < -0.3 is 203 Å². The fraction of sp³-hybridized carbons (Fsp3) is 0.924. The molecule has 0 spiro atoms. The first-order valence-corrected chi connectivity index (χ1v) is 48.1. The number of hydrogen-bond acceptors (Lipinski definition) is 44. The number of carbonyl (C=O) groups excluding carboxylic acids is 4. The first kappa shape index (κ1) is 112. The molecule has 5 aliphatic carbocycles. The highest BCUT2D eigenvalue weighted by atomic mass is 16.9. The topological polar surface area (TPSA) is 708 Å². The van der Waals surface area contributed by atoms with Crippen LogP contribution in [0.4, 0.5) is 0 Å². The van der Waals surface area contributed by atoms with Crippen LogP contribution in [0.1, 0.15) is 186 Å². The summed E-state index contributed by atoms with van der Waals surface area (Å²) in [7, 11) is 0. The van der Waals surface area contributed by atoms with E-state index in [9.17, 15) is 137 Å². The third kappa shape index (κ3) is 21.7. The Morgan fingerprint density at radius 1 is 0.569 bits per heavy atom. The van der Waals surface area contributed by atoms with Gasteiger partial charge in [0.15, 0.2) is 49.6 Å². The van der Waals surface area contributed by atoms with Crippen LogP contribution in [0.15, 0.2) is 11.6 Å². The van der Waals surface area contributed by atoms with Crippen molar-refractivity contribution in [1.82, 2.24) is 0 Å². The summed E-state index contributed by atoms with van der Waals surface area (Å²) in [5.74, 6) is -10.3. The number of aldehydes is 1. The van der Waals surface area contributed by atoms with E-state index >= 15 is 4.79 Å². The Hall–Kier alpha value is -4.15. The lowest BCUT2D eigenvalue weighted by atomic mass is 9.33. The number of hydrogen-bond donors (Lipinski definition) is 23. The predicted octanol–water partition coefficient (Wildman–Crippen LogP) is -5.02. The molecule has 45 nitrogen and oxygen atoms in total. The maximum Gasteiger partial charge on any atom is 0.335 e. The predicted molar refractivity (Wildman–Crippen MR) is 459 cm³/mol. The molecule has 12 rings (SSSR count). The minimum atomic E-state index is -3.14. The number of aliphatic hydroxyl groups is 22. The molecule has 0 bridgehead atoms. The van der Waals surface area contributed by atoms with Crippen molar-refractivity contribution < 1.29 is 222 Å². The van der Waals surface area contributed by atoms with E-state index in [-0.39, 0.29) is 43.9 Å². The van der Waals surface area contributed by atoms with Gasteiger partial charge in [0.2, 0.25) is 6.29 Å². The van der Waals surface area contributed by atoms with Gasteiger partial charge in [-0.25, -0.2) is 4.79 Å². The van der Waals surface area contributed by atoms with E-state index < -0.39 is 372 Å². The molecule has 45 heteroatoms. The van der Waals surface area contributed by atoms with E-state index in [0.29, 0.717) is 51.4 Å². The summed E-state index contributed by atoms with van der Waals surface area (Å²) in [5.41, 5.74) is -7.59. The molecule has 7 aliphatic heterocycles. The van der Waals surface area contributed by atoms with Crippen molar-refractivity contribution in [1.29, 1.82) is 0 Å². The van der Waals surface area contributed by atoms with Crippen LogP contribution < -0.4 is 0 Å². The molecule has 0 amide bonds. The van der Waals surface area contributed by atoms with Crippen LogP contribution in [0.3, 0.4) is 0 Å².